The van der Waals surface area contributed by atoms with Gasteiger partial charge in [0.15, 0.2) is 0 Å². The molecule has 0 saturated carbocycles. The van der Waals surface area contributed by atoms with Gasteiger partial charge in [0.25, 0.3) is 0 Å². The van der Waals surface area contributed by atoms with Crippen LogP contribution in [-0.2, 0) is 9.53 Å². The number of carbonyl (C=O) groups is 2. The summed E-state index contributed by atoms with van der Waals surface area (Å²) in [6.45, 7) is 0.331. The first-order chi connectivity index (χ1) is 9.23. The van der Waals surface area contributed by atoms with Crippen LogP contribution in [0.25, 0.3) is 0 Å². The zero-order valence-corrected chi connectivity index (χ0v) is 11.0. The summed E-state index contributed by atoms with van der Waals surface area (Å²) in [6, 6.07) is -0.747. The first kappa shape index (κ1) is 16.5. The third-order valence-corrected chi connectivity index (χ3v) is 2.83. The Labute approximate surface area is 114 Å². The lowest BCUT2D eigenvalue weighted by molar-refractivity contribution is -0.143. The fourth-order valence-corrected chi connectivity index (χ4v) is 1.94. The van der Waals surface area contributed by atoms with Crippen LogP contribution in [0.2, 0.25) is 0 Å². The van der Waals surface area contributed by atoms with Crippen LogP contribution < -0.4 is 0 Å². The van der Waals surface area contributed by atoms with Crippen LogP contribution in [-0.4, -0.2) is 72.0 Å². The van der Waals surface area contributed by atoms with E-state index in [1.165, 1.54) is 11.8 Å². The molecule has 0 bridgehead atoms. The van der Waals surface area contributed by atoms with Gasteiger partial charge in [-0.25, -0.2) is 4.79 Å². The van der Waals surface area contributed by atoms with E-state index in [0.29, 0.717) is 4.90 Å². The minimum absolute atomic E-state index is 0.0144. The highest BCUT2D eigenvalue weighted by Crippen LogP contribution is 2.18. The van der Waals surface area contributed by atoms with Crippen molar-refractivity contribution in [1.82, 2.24) is 9.80 Å². The van der Waals surface area contributed by atoms with Gasteiger partial charge in [0.1, 0.15) is 6.54 Å². The highest BCUT2D eigenvalue weighted by atomic mass is 19.4. The monoisotopic (exact) mass is 298 g/mol. The SMILES string of the molecule is CCN(CC(F)(F)F)C(=O)N1CCOC(CC(=O)O)C1. The van der Waals surface area contributed by atoms with Crippen LogP contribution in [0.4, 0.5) is 18.0 Å². The molecule has 1 aliphatic rings. The average molecular weight is 298 g/mol. The van der Waals surface area contributed by atoms with Crippen LogP contribution in [0.5, 0.6) is 0 Å². The van der Waals surface area contributed by atoms with Crippen LogP contribution in [0.15, 0.2) is 0 Å². The number of aliphatic carboxylic acids is 1. The number of ether oxygens (including phenoxy) is 1. The van der Waals surface area contributed by atoms with Gasteiger partial charge in [-0.15, -0.1) is 0 Å². The van der Waals surface area contributed by atoms with Crippen molar-refractivity contribution in [3.05, 3.63) is 0 Å². The van der Waals surface area contributed by atoms with Gasteiger partial charge in [-0.2, -0.15) is 13.2 Å². The summed E-state index contributed by atoms with van der Waals surface area (Å²) in [4.78, 5) is 24.5. The van der Waals surface area contributed by atoms with Crippen LogP contribution in [0.3, 0.4) is 0 Å². The lowest BCUT2D eigenvalue weighted by Gasteiger charge is -2.36. The maximum atomic E-state index is 12.4. The zero-order valence-electron chi connectivity index (χ0n) is 11.0. The summed E-state index contributed by atoms with van der Waals surface area (Å²) < 4.78 is 42.2. The molecule has 6 nitrogen and oxygen atoms in total. The quantitative estimate of drug-likeness (QED) is 0.845. The van der Waals surface area contributed by atoms with E-state index in [-0.39, 0.29) is 32.7 Å². The normalized spacial score (nSPS) is 19.8. The number of carboxylic acid groups (broad SMARTS) is 1. The van der Waals surface area contributed by atoms with Crippen molar-refractivity contribution in [2.45, 2.75) is 25.6 Å². The second-order valence-corrected chi connectivity index (χ2v) is 4.45. The van der Waals surface area contributed by atoms with Gasteiger partial charge in [0.2, 0.25) is 0 Å². The Bertz CT molecular complexity index is 362. The Balaban J connectivity index is 2.62. The van der Waals surface area contributed by atoms with Crippen LogP contribution >= 0.6 is 0 Å². The molecule has 0 aromatic carbocycles. The molecule has 1 atom stereocenters. The van der Waals surface area contributed by atoms with Crippen molar-refractivity contribution in [2.75, 3.05) is 32.8 Å². The molecule has 2 amide bonds. The highest BCUT2D eigenvalue weighted by Gasteiger charge is 2.35. The number of carbonyl (C=O) groups excluding carboxylic acids is 1. The summed E-state index contributed by atoms with van der Waals surface area (Å²) in [5.41, 5.74) is 0. The van der Waals surface area contributed by atoms with Crippen molar-refractivity contribution >= 4 is 12.0 Å². The van der Waals surface area contributed by atoms with Crippen molar-refractivity contribution in [2.24, 2.45) is 0 Å². The summed E-state index contributed by atoms with van der Waals surface area (Å²) in [5, 5.41) is 8.66. The van der Waals surface area contributed by atoms with E-state index < -0.39 is 30.8 Å². The van der Waals surface area contributed by atoms with E-state index in [1.807, 2.05) is 0 Å². The van der Waals surface area contributed by atoms with Gasteiger partial charge in [-0.3, -0.25) is 4.79 Å². The molecule has 1 rings (SSSR count). The van der Waals surface area contributed by atoms with E-state index in [1.54, 1.807) is 0 Å². The Morgan fingerprint density at radius 2 is 2.10 bits per heavy atom. The van der Waals surface area contributed by atoms with Gasteiger partial charge >= 0.3 is 18.2 Å². The van der Waals surface area contributed by atoms with Gasteiger partial charge in [-0.1, -0.05) is 0 Å². The summed E-state index contributed by atoms with van der Waals surface area (Å²) in [6.07, 6.45) is -5.43. The molecule has 0 aliphatic carbocycles. The minimum atomic E-state index is -4.46. The Hall–Kier alpha value is -1.51. The molecular weight excluding hydrogens is 281 g/mol. The van der Waals surface area contributed by atoms with Crippen molar-refractivity contribution in [1.29, 1.82) is 0 Å². The molecular formula is C11H17F3N2O4. The standard InChI is InChI=1S/C11H17F3N2O4/c1-2-15(7-11(12,13)14)10(19)16-3-4-20-8(6-16)5-9(17)18/h8H,2-7H2,1H3,(H,17,18). The number of hydrogen-bond donors (Lipinski definition) is 1. The van der Waals surface area contributed by atoms with Crippen LogP contribution in [0, 0.1) is 0 Å². The molecule has 1 saturated heterocycles. The molecule has 116 valence electrons. The molecule has 1 heterocycles. The highest BCUT2D eigenvalue weighted by molar-refractivity contribution is 5.75. The molecule has 1 aliphatic heterocycles. The number of halogens is 3. The lowest BCUT2D eigenvalue weighted by Crippen LogP contribution is -2.53. The average Bonchev–Trinajstić information content (AvgIpc) is 2.33. The number of rotatable bonds is 4. The van der Waals surface area contributed by atoms with Crippen molar-refractivity contribution in [3.8, 4) is 0 Å². The number of nitrogens with zero attached hydrogens (tertiary/aromatic N) is 2. The summed E-state index contributed by atoms with van der Waals surface area (Å²) in [7, 11) is 0. The number of carboxylic acids is 1. The van der Waals surface area contributed by atoms with E-state index in [9.17, 15) is 22.8 Å². The molecule has 1 unspecified atom stereocenters. The third-order valence-electron chi connectivity index (χ3n) is 2.83. The van der Waals surface area contributed by atoms with Gasteiger partial charge in [-0.05, 0) is 6.92 Å². The Kier molecular flexibility index (Phi) is 5.61. The van der Waals surface area contributed by atoms with E-state index in [0.717, 1.165) is 0 Å². The predicted molar refractivity (Wildman–Crippen MR) is 62.3 cm³/mol. The smallest absolute Gasteiger partial charge is 0.406 e. The molecule has 9 heteroatoms. The molecule has 1 N–H and O–H groups in total. The zero-order chi connectivity index (χ0) is 15.3. The number of hydrogen-bond acceptors (Lipinski definition) is 3. The number of amides is 2. The molecule has 0 radical (unpaired) electrons. The fraction of sp³-hybridized carbons (Fsp3) is 0.818. The van der Waals surface area contributed by atoms with Gasteiger partial charge in [0, 0.05) is 19.6 Å². The van der Waals surface area contributed by atoms with Gasteiger partial charge in [0.05, 0.1) is 19.1 Å². The Morgan fingerprint density at radius 3 is 2.60 bits per heavy atom. The number of morpholine rings is 1. The first-order valence-corrected chi connectivity index (χ1v) is 6.17. The largest absolute Gasteiger partial charge is 0.481 e. The van der Waals surface area contributed by atoms with Crippen molar-refractivity contribution in [3.63, 3.8) is 0 Å². The second kappa shape index (κ2) is 6.78. The maximum Gasteiger partial charge on any atom is 0.406 e. The van der Waals surface area contributed by atoms with Crippen molar-refractivity contribution < 1.29 is 32.6 Å². The Morgan fingerprint density at radius 1 is 1.45 bits per heavy atom. The topological polar surface area (TPSA) is 70.1 Å². The summed E-state index contributed by atoms with van der Waals surface area (Å²) in [5.74, 6) is -1.08. The number of alkyl halides is 3. The molecule has 0 aromatic rings. The molecule has 1 fully saturated rings. The third kappa shape index (κ3) is 5.24. The number of urea groups is 1. The molecule has 20 heavy (non-hydrogen) atoms. The predicted octanol–water partition coefficient (Wildman–Crippen LogP) is 1.17. The van der Waals surface area contributed by atoms with E-state index >= 15 is 0 Å². The van der Waals surface area contributed by atoms with E-state index in [4.69, 9.17) is 9.84 Å². The second-order valence-electron chi connectivity index (χ2n) is 4.45. The van der Waals surface area contributed by atoms with Gasteiger partial charge < -0.3 is 19.6 Å². The maximum absolute atomic E-state index is 12.4. The molecule has 0 aromatic heterocycles. The van der Waals surface area contributed by atoms with Crippen LogP contribution in [0.1, 0.15) is 13.3 Å². The summed E-state index contributed by atoms with van der Waals surface area (Å²) >= 11 is 0. The minimum Gasteiger partial charge on any atom is -0.481 e. The fourth-order valence-electron chi connectivity index (χ4n) is 1.94. The first-order valence-electron chi connectivity index (χ1n) is 6.17. The molecule has 0 spiro atoms. The lowest BCUT2D eigenvalue weighted by atomic mass is 10.2. The van der Waals surface area contributed by atoms with E-state index in [2.05, 4.69) is 0 Å².